The largest absolute Gasteiger partial charge is 0.327 e. The highest BCUT2D eigenvalue weighted by molar-refractivity contribution is 5.74. The predicted octanol–water partition coefficient (Wildman–Crippen LogP) is 1.90. The van der Waals surface area contributed by atoms with E-state index in [1.807, 2.05) is 12.3 Å². The Kier molecular flexibility index (Phi) is 1.71. The Balaban J connectivity index is 2.07. The highest BCUT2D eigenvalue weighted by Gasteiger charge is 2.27. The maximum atomic E-state index is 5.99. The molecule has 2 heteroatoms. The zero-order valence-corrected chi connectivity index (χ0v) is 8.16. The second kappa shape index (κ2) is 2.92. The van der Waals surface area contributed by atoms with Gasteiger partial charge in [-0.2, -0.15) is 0 Å². The molecule has 1 heterocycles. The highest BCUT2D eigenvalue weighted by Crippen LogP contribution is 2.39. The third-order valence-corrected chi connectivity index (χ3v) is 3.29. The van der Waals surface area contributed by atoms with E-state index in [0.29, 0.717) is 6.04 Å². The topological polar surface area (TPSA) is 38.9 Å². The van der Waals surface area contributed by atoms with Crippen LogP contribution >= 0.6 is 0 Å². The predicted molar refractivity (Wildman–Crippen MR) is 56.7 cm³/mol. The fourth-order valence-corrected chi connectivity index (χ4v) is 2.56. The molecule has 0 spiro atoms. The van der Waals surface area contributed by atoms with Gasteiger partial charge >= 0.3 is 0 Å². The van der Waals surface area contributed by atoms with Crippen LogP contribution < -0.4 is 5.73 Å². The first-order valence-corrected chi connectivity index (χ1v) is 5.25. The SMILES string of the molecule is NC1CCC2=C(C1)c1ncccc1C2. The molecule has 2 aliphatic carbocycles. The van der Waals surface area contributed by atoms with Gasteiger partial charge < -0.3 is 5.73 Å². The van der Waals surface area contributed by atoms with Crippen LogP contribution in [0.15, 0.2) is 23.9 Å². The van der Waals surface area contributed by atoms with Gasteiger partial charge in [0.15, 0.2) is 0 Å². The van der Waals surface area contributed by atoms with E-state index < -0.39 is 0 Å². The van der Waals surface area contributed by atoms with Crippen molar-refractivity contribution in [1.29, 1.82) is 0 Å². The van der Waals surface area contributed by atoms with Crippen molar-refractivity contribution >= 4 is 5.57 Å². The smallest absolute Gasteiger partial charge is 0.0697 e. The number of pyridine rings is 1. The molecule has 1 unspecified atom stereocenters. The molecular weight excluding hydrogens is 172 g/mol. The molecular formula is C12H14N2. The van der Waals surface area contributed by atoms with Crippen molar-refractivity contribution in [3.63, 3.8) is 0 Å². The zero-order chi connectivity index (χ0) is 9.54. The van der Waals surface area contributed by atoms with Crippen molar-refractivity contribution in [2.45, 2.75) is 31.7 Å². The molecule has 0 amide bonds. The lowest BCUT2D eigenvalue weighted by atomic mass is 9.90. The molecule has 72 valence electrons. The number of rotatable bonds is 0. The Morgan fingerprint density at radius 1 is 1.43 bits per heavy atom. The van der Waals surface area contributed by atoms with Crippen molar-refractivity contribution in [3.05, 3.63) is 35.2 Å². The zero-order valence-electron chi connectivity index (χ0n) is 8.16. The first-order valence-electron chi connectivity index (χ1n) is 5.25. The van der Waals surface area contributed by atoms with Crippen molar-refractivity contribution in [3.8, 4) is 0 Å². The maximum Gasteiger partial charge on any atom is 0.0697 e. The summed E-state index contributed by atoms with van der Waals surface area (Å²) in [6.07, 6.45) is 6.35. The highest BCUT2D eigenvalue weighted by atomic mass is 14.7. The molecule has 1 aromatic rings. The van der Waals surface area contributed by atoms with Gasteiger partial charge in [0.05, 0.1) is 5.69 Å². The van der Waals surface area contributed by atoms with E-state index in [1.54, 1.807) is 5.57 Å². The van der Waals surface area contributed by atoms with Crippen LogP contribution in [0.25, 0.3) is 5.57 Å². The average Bonchev–Trinajstić information content (AvgIpc) is 2.56. The molecule has 0 saturated heterocycles. The fraction of sp³-hybridized carbons (Fsp3) is 0.417. The number of aromatic nitrogens is 1. The van der Waals surface area contributed by atoms with E-state index in [9.17, 15) is 0 Å². The standard InChI is InChI=1S/C12H14N2/c13-10-4-3-8-6-9-2-1-5-14-12(9)11(8)7-10/h1-2,5,10H,3-4,6-7,13H2. The first-order chi connectivity index (χ1) is 6.84. The first kappa shape index (κ1) is 8.18. The fourth-order valence-electron chi connectivity index (χ4n) is 2.56. The van der Waals surface area contributed by atoms with Gasteiger partial charge in [-0.1, -0.05) is 11.6 Å². The summed E-state index contributed by atoms with van der Waals surface area (Å²) >= 11 is 0. The number of nitrogens with two attached hydrogens (primary N) is 1. The van der Waals surface area contributed by atoms with Crippen LogP contribution in [0.5, 0.6) is 0 Å². The molecule has 0 aliphatic heterocycles. The molecule has 0 bridgehead atoms. The van der Waals surface area contributed by atoms with Crippen molar-refractivity contribution in [2.24, 2.45) is 5.73 Å². The average molecular weight is 186 g/mol. The Morgan fingerprint density at radius 2 is 2.36 bits per heavy atom. The summed E-state index contributed by atoms with van der Waals surface area (Å²) in [5, 5.41) is 0. The Bertz CT molecular complexity index is 407. The minimum absolute atomic E-state index is 0.349. The van der Waals surface area contributed by atoms with Crippen molar-refractivity contribution in [2.75, 3.05) is 0 Å². The van der Waals surface area contributed by atoms with Gasteiger partial charge in [-0.15, -0.1) is 0 Å². The van der Waals surface area contributed by atoms with Gasteiger partial charge in [-0.25, -0.2) is 0 Å². The molecule has 2 aliphatic rings. The third kappa shape index (κ3) is 1.11. The van der Waals surface area contributed by atoms with Gasteiger partial charge in [0, 0.05) is 12.2 Å². The molecule has 2 nitrogen and oxygen atoms in total. The van der Waals surface area contributed by atoms with Crippen LogP contribution in [-0.2, 0) is 6.42 Å². The Morgan fingerprint density at radius 3 is 3.29 bits per heavy atom. The summed E-state index contributed by atoms with van der Waals surface area (Å²) in [7, 11) is 0. The Hall–Kier alpha value is -1.15. The summed E-state index contributed by atoms with van der Waals surface area (Å²) in [6, 6.07) is 4.56. The number of nitrogens with zero attached hydrogens (tertiary/aromatic N) is 1. The second-order valence-electron chi connectivity index (χ2n) is 4.27. The summed E-state index contributed by atoms with van der Waals surface area (Å²) in [4.78, 5) is 4.46. The number of fused-ring (bicyclic) bond motifs is 2. The summed E-state index contributed by atoms with van der Waals surface area (Å²) < 4.78 is 0. The summed E-state index contributed by atoms with van der Waals surface area (Å²) in [6.45, 7) is 0. The van der Waals surface area contributed by atoms with E-state index >= 15 is 0 Å². The molecule has 0 radical (unpaired) electrons. The molecule has 1 aromatic heterocycles. The van der Waals surface area contributed by atoms with E-state index in [2.05, 4.69) is 11.1 Å². The second-order valence-corrected chi connectivity index (χ2v) is 4.27. The molecule has 0 saturated carbocycles. The monoisotopic (exact) mass is 186 g/mol. The number of allylic oxidation sites excluding steroid dienone is 1. The van der Waals surface area contributed by atoms with Crippen LogP contribution in [0.1, 0.15) is 30.5 Å². The molecule has 3 rings (SSSR count). The van der Waals surface area contributed by atoms with Gasteiger partial charge in [-0.3, -0.25) is 4.98 Å². The summed E-state index contributed by atoms with van der Waals surface area (Å²) in [5.74, 6) is 0. The number of hydrogen-bond acceptors (Lipinski definition) is 2. The lowest BCUT2D eigenvalue weighted by molar-refractivity contribution is 0.599. The molecule has 2 N–H and O–H groups in total. The lowest BCUT2D eigenvalue weighted by Gasteiger charge is -2.20. The molecule has 14 heavy (non-hydrogen) atoms. The maximum absolute atomic E-state index is 5.99. The van der Waals surface area contributed by atoms with Crippen molar-refractivity contribution in [1.82, 2.24) is 4.98 Å². The third-order valence-electron chi connectivity index (χ3n) is 3.29. The van der Waals surface area contributed by atoms with Crippen LogP contribution in [-0.4, -0.2) is 11.0 Å². The van der Waals surface area contributed by atoms with E-state index in [0.717, 1.165) is 19.3 Å². The van der Waals surface area contributed by atoms with Gasteiger partial charge in [-0.05, 0) is 42.9 Å². The van der Waals surface area contributed by atoms with E-state index in [1.165, 1.54) is 23.3 Å². The molecule has 0 aromatic carbocycles. The van der Waals surface area contributed by atoms with Crippen LogP contribution in [0.2, 0.25) is 0 Å². The van der Waals surface area contributed by atoms with Crippen LogP contribution in [0.3, 0.4) is 0 Å². The Labute approximate surface area is 83.8 Å². The van der Waals surface area contributed by atoms with Gasteiger partial charge in [0.25, 0.3) is 0 Å². The molecule has 1 atom stereocenters. The van der Waals surface area contributed by atoms with Gasteiger partial charge in [0.2, 0.25) is 0 Å². The minimum Gasteiger partial charge on any atom is -0.327 e. The van der Waals surface area contributed by atoms with Gasteiger partial charge in [0.1, 0.15) is 0 Å². The van der Waals surface area contributed by atoms with Crippen LogP contribution in [0, 0.1) is 0 Å². The molecule has 0 fully saturated rings. The lowest BCUT2D eigenvalue weighted by Crippen LogP contribution is -2.23. The minimum atomic E-state index is 0.349. The van der Waals surface area contributed by atoms with Crippen LogP contribution in [0.4, 0.5) is 0 Å². The normalized spacial score (nSPS) is 24.8. The van der Waals surface area contributed by atoms with E-state index in [-0.39, 0.29) is 0 Å². The van der Waals surface area contributed by atoms with Crippen molar-refractivity contribution < 1.29 is 0 Å². The summed E-state index contributed by atoms with van der Waals surface area (Å²) in [5.41, 5.74) is 11.6. The number of hydrogen-bond donors (Lipinski definition) is 1. The quantitative estimate of drug-likeness (QED) is 0.672. The van der Waals surface area contributed by atoms with E-state index in [4.69, 9.17) is 5.73 Å².